The molecule has 0 bridgehead atoms. The average Bonchev–Trinajstić information content (AvgIpc) is 2.93. The predicted octanol–water partition coefficient (Wildman–Crippen LogP) is 1.50. The van der Waals surface area contributed by atoms with Gasteiger partial charge in [-0.25, -0.2) is 0 Å². The molecule has 1 aliphatic carbocycles. The number of nitrogens with one attached hydrogen (secondary N) is 1. The van der Waals surface area contributed by atoms with E-state index in [1.807, 2.05) is 0 Å². The zero-order valence-corrected chi connectivity index (χ0v) is 12.9. The number of hydrogen-bond acceptors (Lipinski definition) is 3. The summed E-state index contributed by atoms with van der Waals surface area (Å²) in [7, 11) is 0. The highest BCUT2D eigenvalue weighted by atomic mass is 16.2. The highest BCUT2D eigenvalue weighted by Crippen LogP contribution is 2.27. The van der Waals surface area contributed by atoms with Crippen molar-refractivity contribution in [2.45, 2.75) is 32.2 Å². The van der Waals surface area contributed by atoms with Crippen LogP contribution in [0.15, 0.2) is 36.7 Å². The normalized spacial score (nSPS) is 16.6. The van der Waals surface area contributed by atoms with Crippen LogP contribution in [-0.4, -0.2) is 21.6 Å². The van der Waals surface area contributed by atoms with Gasteiger partial charge in [-0.2, -0.15) is 5.10 Å². The minimum atomic E-state index is -0.466. The highest BCUT2D eigenvalue weighted by Gasteiger charge is 2.21. The standard InChI is InChI=1S/C17H20N4O2/c18-16(22)11-21-10-15(9-19-21)20-17(23)8-12-5-6-13-3-1-2-4-14(13)7-12/h1-4,9-10,12H,5-8,11H2,(H2,18,22)(H,20,23)/t12-/m0/s1. The Morgan fingerprint density at radius 1 is 1.30 bits per heavy atom. The third kappa shape index (κ3) is 3.97. The molecular weight excluding hydrogens is 292 g/mol. The first-order valence-corrected chi connectivity index (χ1v) is 7.77. The van der Waals surface area contributed by atoms with Crippen LogP contribution in [0.1, 0.15) is 24.0 Å². The molecule has 0 saturated heterocycles. The molecular formula is C17H20N4O2. The predicted molar refractivity (Wildman–Crippen MR) is 86.6 cm³/mol. The summed E-state index contributed by atoms with van der Waals surface area (Å²) in [6.07, 6.45) is 6.64. The molecule has 0 unspecified atom stereocenters. The number of amides is 2. The van der Waals surface area contributed by atoms with E-state index in [1.54, 1.807) is 6.20 Å². The Morgan fingerprint density at radius 2 is 2.09 bits per heavy atom. The van der Waals surface area contributed by atoms with Crippen LogP contribution in [0.4, 0.5) is 5.69 Å². The quantitative estimate of drug-likeness (QED) is 0.876. The molecule has 0 radical (unpaired) electrons. The van der Waals surface area contributed by atoms with Crippen molar-refractivity contribution in [3.8, 4) is 0 Å². The maximum atomic E-state index is 12.2. The number of rotatable bonds is 5. The zero-order chi connectivity index (χ0) is 16.2. The molecule has 3 N–H and O–H groups in total. The summed E-state index contributed by atoms with van der Waals surface area (Å²) < 4.78 is 1.41. The largest absolute Gasteiger partial charge is 0.368 e. The lowest BCUT2D eigenvalue weighted by molar-refractivity contribution is -0.119. The van der Waals surface area contributed by atoms with Gasteiger partial charge in [-0.05, 0) is 36.3 Å². The zero-order valence-electron chi connectivity index (χ0n) is 12.9. The molecule has 1 aromatic carbocycles. The minimum absolute atomic E-state index is 0.00921. The molecule has 120 valence electrons. The van der Waals surface area contributed by atoms with Crippen molar-refractivity contribution < 1.29 is 9.59 Å². The van der Waals surface area contributed by atoms with Crippen LogP contribution in [0.2, 0.25) is 0 Å². The molecule has 0 spiro atoms. The SMILES string of the molecule is NC(=O)Cn1cc(NC(=O)C[C@H]2CCc3ccccc3C2)cn1. The molecule has 1 heterocycles. The van der Waals surface area contributed by atoms with Crippen LogP contribution in [0, 0.1) is 5.92 Å². The average molecular weight is 312 g/mol. The number of primary amides is 1. The van der Waals surface area contributed by atoms with Crippen LogP contribution >= 0.6 is 0 Å². The van der Waals surface area contributed by atoms with Gasteiger partial charge >= 0.3 is 0 Å². The van der Waals surface area contributed by atoms with Gasteiger partial charge in [0, 0.05) is 12.6 Å². The summed E-state index contributed by atoms with van der Waals surface area (Å²) in [6.45, 7) is 0.00921. The minimum Gasteiger partial charge on any atom is -0.368 e. The Labute approximate surface area is 134 Å². The lowest BCUT2D eigenvalue weighted by Gasteiger charge is -2.23. The van der Waals surface area contributed by atoms with Gasteiger partial charge in [0.2, 0.25) is 11.8 Å². The van der Waals surface area contributed by atoms with Crippen molar-refractivity contribution in [3.63, 3.8) is 0 Å². The van der Waals surface area contributed by atoms with E-state index in [1.165, 1.54) is 22.0 Å². The smallest absolute Gasteiger partial charge is 0.239 e. The lowest BCUT2D eigenvalue weighted by atomic mass is 9.82. The van der Waals surface area contributed by atoms with Crippen LogP contribution in [0.5, 0.6) is 0 Å². The molecule has 0 saturated carbocycles. The van der Waals surface area contributed by atoms with Crippen molar-refractivity contribution in [1.82, 2.24) is 9.78 Å². The molecule has 6 nitrogen and oxygen atoms in total. The van der Waals surface area contributed by atoms with Gasteiger partial charge in [0.25, 0.3) is 0 Å². The van der Waals surface area contributed by atoms with Gasteiger partial charge in [-0.15, -0.1) is 0 Å². The number of hydrogen-bond donors (Lipinski definition) is 2. The number of nitrogens with zero attached hydrogens (tertiary/aromatic N) is 2. The van der Waals surface area contributed by atoms with E-state index in [0.29, 0.717) is 18.0 Å². The molecule has 3 rings (SSSR count). The summed E-state index contributed by atoms with van der Waals surface area (Å²) >= 11 is 0. The molecule has 1 atom stereocenters. The maximum absolute atomic E-state index is 12.2. The number of aryl methyl sites for hydroxylation is 1. The van der Waals surface area contributed by atoms with Gasteiger partial charge in [-0.1, -0.05) is 24.3 Å². The van der Waals surface area contributed by atoms with E-state index in [9.17, 15) is 9.59 Å². The van der Waals surface area contributed by atoms with E-state index in [0.717, 1.165) is 19.3 Å². The Hall–Kier alpha value is -2.63. The second-order valence-electron chi connectivity index (χ2n) is 6.02. The van der Waals surface area contributed by atoms with Gasteiger partial charge in [0.15, 0.2) is 0 Å². The van der Waals surface area contributed by atoms with E-state index in [-0.39, 0.29) is 12.5 Å². The molecule has 0 aliphatic heterocycles. The van der Waals surface area contributed by atoms with Gasteiger partial charge in [0.1, 0.15) is 6.54 Å². The first-order chi connectivity index (χ1) is 11.1. The monoisotopic (exact) mass is 312 g/mol. The number of anilines is 1. The van der Waals surface area contributed by atoms with Gasteiger partial charge in [-0.3, -0.25) is 14.3 Å². The van der Waals surface area contributed by atoms with E-state index < -0.39 is 5.91 Å². The Kier molecular flexibility index (Phi) is 4.41. The molecule has 23 heavy (non-hydrogen) atoms. The fourth-order valence-corrected chi connectivity index (χ4v) is 3.10. The van der Waals surface area contributed by atoms with Crippen LogP contribution in [0.3, 0.4) is 0 Å². The maximum Gasteiger partial charge on any atom is 0.239 e. The number of fused-ring (bicyclic) bond motifs is 1. The van der Waals surface area contributed by atoms with Gasteiger partial charge < -0.3 is 11.1 Å². The third-order valence-electron chi connectivity index (χ3n) is 4.16. The van der Waals surface area contributed by atoms with Crippen molar-refractivity contribution in [2.75, 3.05) is 5.32 Å². The molecule has 0 fully saturated rings. The van der Waals surface area contributed by atoms with Crippen LogP contribution < -0.4 is 11.1 Å². The summed E-state index contributed by atoms with van der Waals surface area (Å²) in [6, 6.07) is 8.43. The number of carbonyl (C=O) groups is 2. The van der Waals surface area contributed by atoms with Crippen molar-refractivity contribution in [3.05, 3.63) is 47.8 Å². The van der Waals surface area contributed by atoms with Crippen LogP contribution in [0.25, 0.3) is 0 Å². The fourth-order valence-electron chi connectivity index (χ4n) is 3.10. The summed E-state index contributed by atoms with van der Waals surface area (Å²) in [4.78, 5) is 23.0. The number of benzene rings is 1. The van der Waals surface area contributed by atoms with Crippen molar-refractivity contribution in [2.24, 2.45) is 11.7 Å². The second-order valence-corrected chi connectivity index (χ2v) is 6.02. The Morgan fingerprint density at radius 3 is 2.87 bits per heavy atom. The van der Waals surface area contributed by atoms with Crippen molar-refractivity contribution in [1.29, 1.82) is 0 Å². The van der Waals surface area contributed by atoms with Crippen molar-refractivity contribution >= 4 is 17.5 Å². The number of nitrogens with two attached hydrogens (primary N) is 1. The van der Waals surface area contributed by atoms with E-state index in [2.05, 4.69) is 34.7 Å². The molecule has 1 aliphatic rings. The summed E-state index contributed by atoms with van der Waals surface area (Å²) in [5, 5.41) is 6.82. The topological polar surface area (TPSA) is 90.0 Å². The summed E-state index contributed by atoms with van der Waals surface area (Å²) in [5.41, 5.74) is 8.45. The molecule has 2 aromatic rings. The summed E-state index contributed by atoms with van der Waals surface area (Å²) in [5.74, 6) is -0.120. The molecule has 6 heteroatoms. The molecule has 1 aromatic heterocycles. The second kappa shape index (κ2) is 6.64. The Balaban J connectivity index is 1.54. The number of carbonyl (C=O) groups excluding carboxylic acids is 2. The van der Waals surface area contributed by atoms with Crippen LogP contribution in [-0.2, 0) is 29.0 Å². The highest BCUT2D eigenvalue weighted by molar-refractivity contribution is 5.90. The first-order valence-electron chi connectivity index (χ1n) is 7.77. The number of aromatic nitrogens is 2. The lowest BCUT2D eigenvalue weighted by Crippen LogP contribution is -2.21. The third-order valence-corrected chi connectivity index (χ3v) is 4.16. The first kappa shape index (κ1) is 15.3. The van der Waals surface area contributed by atoms with E-state index in [4.69, 9.17) is 5.73 Å². The fraction of sp³-hybridized carbons (Fsp3) is 0.353. The van der Waals surface area contributed by atoms with E-state index >= 15 is 0 Å². The molecule has 2 amide bonds. The van der Waals surface area contributed by atoms with Gasteiger partial charge in [0.05, 0.1) is 11.9 Å². The Bertz CT molecular complexity index is 723.